The van der Waals surface area contributed by atoms with Gasteiger partial charge in [0, 0.05) is 45.8 Å². The number of hydrogen-bond donors (Lipinski definition) is 2. The van der Waals surface area contributed by atoms with Crippen molar-refractivity contribution in [2.45, 2.75) is 51.6 Å². The highest BCUT2D eigenvalue weighted by molar-refractivity contribution is 6.36. The first-order chi connectivity index (χ1) is 20.5. The Bertz CT molecular complexity index is 1670. The van der Waals surface area contributed by atoms with Gasteiger partial charge in [0.15, 0.2) is 17.0 Å². The van der Waals surface area contributed by atoms with Gasteiger partial charge in [0.1, 0.15) is 12.2 Å². The molecule has 11 heteroatoms. The van der Waals surface area contributed by atoms with Gasteiger partial charge in [0.25, 0.3) is 5.91 Å². The van der Waals surface area contributed by atoms with E-state index in [2.05, 4.69) is 25.6 Å². The van der Waals surface area contributed by atoms with Crippen LogP contribution < -0.4 is 10.6 Å². The Morgan fingerprint density at radius 2 is 1.62 bits per heavy atom. The summed E-state index contributed by atoms with van der Waals surface area (Å²) in [6, 6.07) is 16.6. The summed E-state index contributed by atoms with van der Waals surface area (Å²) in [5.74, 6) is 1.17. The molecule has 0 unspecified atom stereocenters. The van der Waals surface area contributed by atoms with Crippen molar-refractivity contribution in [3.05, 3.63) is 93.9 Å². The van der Waals surface area contributed by atoms with Crippen LogP contribution >= 0.6 is 34.8 Å². The summed E-state index contributed by atoms with van der Waals surface area (Å²) in [7, 11) is 0. The number of amides is 1. The van der Waals surface area contributed by atoms with Crippen molar-refractivity contribution in [1.82, 2.24) is 29.8 Å². The Labute approximate surface area is 259 Å². The second kappa shape index (κ2) is 13.5. The molecule has 1 aliphatic carbocycles. The van der Waals surface area contributed by atoms with Gasteiger partial charge in [0.2, 0.25) is 0 Å². The number of halogens is 3. The van der Waals surface area contributed by atoms with E-state index in [1.54, 1.807) is 36.7 Å². The van der Waals surface area contributed by atoms with Gasteiger partial charge in [-0.25, -0.2) is 15.0 Å². The van der Waals surface area contributed by atoms with Gasteiger partial charge in [-0.05, 0) is 80.3 Å². The van der Waals surface area contributed by atoms with Crippen LogP contribution in [0.5, 0.6) is 0 Å². The van der Waals surface area contributed by atoms with Crippen LogP contribution in [0.4, 0.5) is 5.82 Å². The summed E-state index contributed by atoms with van der Waals surface area (Å²) in [6.45, 7) is 4.00. The monoisotopic (exact) mass is 621 g/mol. The highest BCUT2D eigenvalue weighted by Crippen LogP contribution is 2.36. The van der Waals surface area contributed by atoms with E-state index in [1.165, 1.54) is 6.33 Å². The molecule has 1 aliphatic rings. The minimum Gasteiger partial charge on any atom is -0.365 e. The lowest BCUT2D eigenvalue weighted by Crippen LogP contribution is -2.40. The lowest BCUT2D eigenvalue weighted by Gasteiger charge is -2.30. The lowest BCUT2D eigenvalue weighted by molar-refractivity contribution is 0.0926. The zero-order valence-electron chi connectivity index (χ0n) is 23.2. The van der Waals surface area contributed by atoms with Gasteiger partial charge >= 0.3 is 0 Å². The average Bonchev–Trinajstić information content (AvgIpc) is 3.40. The number of rotatable bonds is 6. The van der Waals surface area contributed by atoms with Gasteiger partial charge in [-0.2, -0.15) is 0 Å². The highest BCUT2D eigenvalue weighted by atomic mass is 35.5. The van der Waals surface area contributed by atoms with Gasteiger partial charge in [0.05, 0.1) is 10.6 Å². The van der Waals surface area contributed by atoms with Crippen molar-refractivity contribution < 1.29 is 4.79 Å². The largest absolute Gasteiger partial charge is 0.365 e. The zero-order valence-corrected chi connectivity index (χ0v) is 25.5. The van der Waals surface area contributed by atoms with Crippen molar-refractivity contribution in [3.63, 3.8) is 0 Å². The molecule has 0 spiro atoms. The van der Waals surface area contributed by atoms with Gasteiger partial charge in [-0.1, -0.05) is 48.7 Å². The molecule has 8 nitrogen and oxygen atoms in total. The average molecular weight is 623 g/mol. The van der Waals surface area contributed by atoms with Crippen molar-refractivity contribution in [3.8, 4) is 17.1 Å². The number of benzene rings is 2. The lowest BCUT2D eigenvalue weighted by atomic mass is 9.91. The van der Waals surface area contributed by atoms with Crippen LogP contribution in [-0.4, -0.2) is 42.5 Å². The Morgan fingerprint density at radius 1 is 0.905 bits per heavy atom. The number of fused-ring (bicyclic) bond motifs is 1. The fourth-order valence-electron chi connectivity index (χ4n) is 5.03. The number of hydrogen-bond acceptors (Lipinski definition) is 6. The third-order valence-corrected chi connectivity index (χ3v) is 7.83. The maximum Gasteiger partial charge on any atom is 0.253 e. The van der Waals surface area contributed by atoms with E-state index in [1.807, 2.05) is 48.7 Å². The third-order valence-electron chi connectivity index (χ3n) is 7.03. The van der Waals surface area contributed by atoms with E-state index >= 15 is 0 Å². The smallest absolute Gasteiger partial charge is 0.253 e. The Balaban J connectivity index is 0.00000173. The predicted molar refractivity (Wildman–Crippen MR) is 170 cm³/mol. The quantitative estimate of drug-likeness (QED) is 0.199. The molecule has 1 saturated carbocycles. The molecule has 42 heavy (non-hydrogen) atoms. The number of nitrogens with zero attached hydrogens (tertiary/aromatic N) is 5. The fraction of sp³-hybridized carbons (Fsp3) is 0.258. The van der Waals surface area contributed by atoms with Gasteiger partial charge < -0.3 is 10.6 Å². The zero-order chi connectivity index (χ0) is 29.6. The van der Waals surface area contributed by atoms with Crippen LogP contribution in [-0.2, 0) is 0 Å². The number of imidazole rings is 1. The molecule has 0 radical (unpaired) electrons. The summed E-state index contributed by atoms with van der Waals surface area (Å²) >= 11 is 19.0. The molecule has 6 rings (SSSR count). The molecule has 0 atom stereocenters. The van der Waals surface area contributed by atoms with E-state index < -0.39 is 0 Å². The van der Waals surface area contributed by atoms with Crippen LogP contribution in [0.2, 0.25) is 15.1 Å². The Morgan fingerprint density at radius 3 is 2.31 bits per heavy atom. The minimum absolute atomic E-state index is 0.0943. The standard InChI is InChI=1S/C29H24Cl3N7O.C2H6/c30-18-3-10-22(11-4-18)39-27(23-12-5-19(31)14-24(23)32)38-25-26(34-16-35-28(25)39)36-20-6-8-21(9-7-20)37-29(40)17-2-1-13-33-15-17;1-2/h1-5,10-16,20-21H,6-9H2,(H,37,40)(H,34,35,36);1-2H3. The summed E-state index contributed by atoms with van der Waals surface area (Å²) in [5.41, 5.74) is 3.39. The topological polar surface area (TPSA) is 97.6 Å². The molecule has 2 aromatic carbocycles. The summed E-state index contributed by atoms with van der Waals surface area (Å²) < 4.78 is 1.94. The normalized spacial score (nSPS) is 16.4. The van der Waals surface area contributed by atoms with Crippen LogP contribution in [0.15, 0.2) is 73.3 Å². The van der Waals surface area contributed by atoms with E-state index in [0.717, 1.165) is 36.9 Å². The molecule has 1 fully saturated rings. The first-order valence-electron chi connectivity index (χ1n) is 13.9. The molecular weight excluding hydrogens is 593 g/mol. The van der Waals surface area contributed by atoms with E-state index in [-0.39, 0.29) is 18.0 Å². The van der Waals surface area contributed by atoms with E-state index in [4.69, 9.17) is 39.8 Å². The Kier molecular flexibility index (Phi) is 9.57. The van der Waals surface area contributed by atoms with Gasteiger partial charge in [-0.3, -0.25) is 14.3 Å². The summed E-state index contributed by atoms with van der Waals surface area (Å²) in [6.07, 6.45) is 8.21. The van der Waals surface area contributed by atoms with Crippen molar-refractivity contribution >= 4 is 57.7 Å². The molecule has 0 saturated heterocycles. The van der Waals surface area contributed by atoms with Gasteiger partial charge in [-0.15, -0.1) is 0 Å². The molecule has 0 aliphatic heterocycles. The molecule has 5 aromatic rings. The number of anilines is 1. The van der Waals surface area contributed by atoms with Crippen molar-refractivity contribution in [1.29, 1.82) is 0 Å². The van der Waals surface area contributed by atoms with E-state index in [0.29, 0.717) is 43.4 Å². The fourth-order valence-corrected chi connectivity index (χ4v) is 5.64. The summed E-state index contributed by atoms with van der Waals surface area (Å²) in [5, 5.41) is 8.36. The second-order valence-corrected chi connectivity index (χ2v) is 11.0. The van der Waals surface area contributed by atoms with Crippen LogP contribution in [0, 0.1) is 0 Å². The molecular formula is C31H30Cl3N7O. The third kappa shape index (κ3) is 6.51. The molecule has 216 valence electrons. The second-order valence-electron chi connectivity index (χ2n) is 9.67. The SMILES string of the molecule is CC.O=C(NC1CCC(Nc2ncnc3c2nc(-c2ccc(Cl)cc2Cl)n3-c2ccc(Cl)cc2)CC1)c1cccnc1. The number of carbonyl (C=O) groups excluding carboxylic acids is 1. The van der Waals surface area contributed by atoms with Crippen molar-refractivity contribution in [2.75, 3.05) is 5.32 Å². The first-order valence-corrected chi connectivity index (χ1v) is 15.0. The van der Waals surface area contributed by atoms with Crippen LogP contribution in [0.3, 0.4) is 0 Å². The van der Waals surface area contributed by atoms with Crippen LogP contribution in [0.1, 0.15) is 49.9 Å². The number of pyridine rings is 1. The number of aromatic nitrogens is 5. The number of nitrogens with one attached hydrogen (secondary N) is 2. The molecule has 1 amide bonds. The summed E-state index contributed by atoms with van der Waals surface area (Å²) in [4.78, 5) is 30.7. The highest BCUT2D eigenvalue weighted by Gasteiger charge is 2.25. The van der Waals surface area contributed by atoms with Crippen LogP contribution in [0.25, 0.3) is 28.2 Å². The predicted octanol–water partition coefficient (Wildman–Crippen LogP) is 8.02. The maximum absolute atomic E-state index is 12.5. The maximum atomic E-state index is 12.5. The number of carbonyl (C=O) groups is 1. The molecule has 3 aromatic heterocycles. The van der Waals surface area contributed by atoms with E-state index in [9.17, 15) is 4.79 Å². The minimum atomic E-state index is -0.0943. The Hall–Kier alpha value is -3.72. The molecule has 2 N–H and O–H groups in total. The van der Waals surface area contributed by atoms with Crippen molar-refractivity contribution in [2.24, 2.45) is 0 Å². The molecule has 0 bridgehead atoms. The molecule has 3 heterocycles. The first kappa shape index (κ1) is 29.8.